The molecule has 1 saturated carbocycles. The molecule has 0 spiro atoms. The summed E-state index contributed by atoms with van der Waals surface area (Å²) < 4.78 is 25.9. The smallest absolute Gasteiger partial charge is 0.216 e. The highest BCUT2D eigenvalue weighted by Crippen LogP contribution is 2.32. The van der Waals surface area contributed by atoms with Crippen LogP contribution in [0, 0.1) is 12.8 Å². The van der Waals surface area contributed by atoms with Gasteiger partial charge in [0.1, 0.15) is 0 Å². The Hall–Kier alpha value is -0.660. The Labute approximate surface area is 131 Å². The Morgan fingerprint density at radius 2 is 2.00 bits per heavy atom. The molecule has 0 bridgehead atoms. The zero-order chi connectivity index (χ0) is 15.0. The van der Waals surface area contributed by atoms with E-state index in [-0.39, 0.29) is 5.25 Å². The van der Waals surface area contributed by atoms with E-state index < -0.39 is 10.0 Å². The van der Waals surface area contributed by atoms with Crippen LogP contribution in [0.5, 0.6) is 0 Å². The average molecular weight is 329 g/mol. The van der Waals surface area contributed by atoms with Crippen LogP contribution in [0.15, 0.2) is 5.38 Å². The lowest BCUT2D eigenvalue weighted by molar-refractivity contribution is 0.327. The van der Waals surface area contributed by atoms with Gasteiger partial charge in [-0.25, -0.2) is 17.7 Å². The SMILES string of the molecule is Cc1csc(N2CCC(CN(C)S(=O)(=O)C3CC3)CC2)n1. The molecule has 0 amide bonds. The minimum absolute atomic E-state index is 0.0964. The molecule has 1 aromatic heterocycles. The van der Waals surface area contributed by atoms with Gasteiger partial charge in [-0.15, -0.1) is 11.3 Å². The van der Waals surface area contributed by atoms with Crippen molar-refractivity contribution in [1.29, 1.82) is 0 Å². The number of hydrogen-bond donors (Lipinski definition) is 0. The van der Waals surface area contributed by atoms with Crippen molar-refractivity contribution in [3.05, 3.63) is 11.1 Å². The fraction of sp³-hybridized carbons (Fsp3) is 0.786. The van der Waals surface area contributed by atoms with Gasteiger partial charge in [0, 0.05) is 32.1 Å². The third-order valence-corrected chi connectivity index (χ3v) is 7.74. The summed E-state index contributed by atoms with van der Waals surface area (Å²) in [7, 11) is -1.28. The molecular weight excluding hydrogens is 306 g/mol. The number of piperidine rings is 1. The first kappa shape index (κ1) is 15.2. The predicted molar refractivity (Wildman–Crippen MR) is 86.4 cm³/mol. The maximum atomic E-state index is 12.2. The van der Waals surface area contributed by atoms with Crippen LogP contribution in [0.3, 0.4) is 0 Å². The molecule has 0 aromatic carbocycles. The summed E-state index contributed by atoms with van der Waals surface area (Å²) in [5, 5.41) is 3.09. The van der Waals surface area contributed by atoms with Crippen molar-refractivity contribution in [3.63, 3.8) is 0 Å². The van der Waals surface area contributed by atoms with Crippen LogP contribution in [-0.4, -0.2) is 49.6 Å². The summed E-state index contributed by atoms with van der Waals surface area (Å²) in [6.07, 6.45) is 3.77. The molecule has 1 aromatic rings. The molecular formula is C14H23N3O2S2. The van der Waals surface area contributed by atoms with Gasteiger partial charge in [0.25, 0.3) is 0 Å². The summed E-state index contributed by atoms with van der Waals surface area (Å²) >= 11 is 1.70. The van der Waals surface area contributed by atoms with E-state index in [1.165, 1.54) is 0 Å². The molecule has 2 aliphatic rings. The monoisotopic (exact) mass is 329 g/mol. The van der Waals surface area contributed by atoms with Crippen LogP contribution in [0.2, 0.25) is 0 Å². The Morgan fingerprint density at radius 3 is 2.52 bits per heavy atom. The van der Waals surface area contributed by atoms with Crippen LogP contribution in [-0.2, 0) is 10.0 Å². The molecule has 2 fully saturated rings. The number of nitrogens with zero attached hydrogens (tertiary/aromatic N) is 3. The van der Waals surface area contributed by atoms with Crippen molar-refractivity contribution >= 4 is 26.5 Å². The number of hydrogen-bond acceptors (Lipinski definition) is 5. The minimum atomic E-state index is -3.02. The average Bonchev–Trinajstić information content (AvgIpc) is 3.23. The lowest BCUT2D eigenvalue weighted by atomic mass is 9.97. The van der Waals surface area contributed by atoms with E-state index in [0.29, 0.717) is 12.5 Å². The summed E-state index contributed by atoms with van der Waals surface area (Å²) in [5.74, 6) is 0.473. The first-order chi connectivity index (χ1) is 9.96. The lowest BCUT2D eigenvalue weighted by Gasteiger charge is -2.33. The molecule has 1 saturated heterocycles. The molecule has 3 rings (SSSR count). The maximum Gasteiger partial charge on any atom is 0.216 e. The van der Waals surface area contributed by atoms with Gasteiger partial charge in [-0.05, 0) is 38.5 Å². The molecule has 0 atom stereocenters. The molecule has 21 heavy (non-hydrogen) atoms. The van der Waals surface area contributed by atoms with Gasteiger partial charge >= 0.3 is 0 Å². The van der Waals surface area contributed by atoms with E-state index in [9.17, 15) is 8.42 Å². The Morgan fingerprint density at radius 1 is 1.33 bits per heavy atom. The molecule has 1 aliphatic heterocycles. The normalized spacial score (nSPS) is 21.2. The highest BCUT2D eigenvalue weighted by atomic mass is 32.2. The van der Waals surface area contributed by atoms with Crippen LogP contribution >= 0.6 is 11.3 Å². The fourth-order valence-electron chi connectivity index (χ4n) is 2.88. The van der Waals surface area contributed by atoms with Gasteiger partial charge in [-0.2, -0.15) is 0 Å². The molecule has 118 valence electrons. The van der Waals surface area contributed by atoms with E-state index in [0.717, 1.165) is 49.6 Å². The molecule has 0 unspecified atom stereocenters. The van der Waals surface area contributed by atoms with E-state index >= 15 is 0 Å². The molecule has 0 radical (unpaired) electrons. The molecule has 7 heteroatoms. The summed E-state index contributed by atoms with van der Waals surface area (Å²) in [4.78, 5) is 6.85. The Kier molecular flexibility index (Phi) is 4.25. The van der Waals surface area contributed by atoms with Gasteiger partial charge < -0.3 is 4.90 Å². The Balaban J connectivity index is 1.52. The number of sulfonamides is 1. The van der Waals surface area contributed by atoms with Gasteiger partial charge in [0.15, 0.2) is 5.13 Å². The van der Waals surface area contributed by atoms with Crippen molar-refractivity contribution in [2.75, 3.05) is 31.6 Å². The van der Waals surface area contributed by atoms with Crippen LogP contribution in [0.1, 0.15) is 31.4 Å². The Bertz CT molecular complexity index is 587. The van der Waals surface area contributed by atoms with E-state index in [1.807, 2.05) is 6.92 Å². The lowest BCUT2D eigenvalue weighted by Crippen LogP contribution is -2.40. The molecule has 2 heterocycles. The zero-order valence-corrected chi connectivity index (χ0v) is 14.3. The molecule has 0 N–H and O–H groups in total. The van der Waals surface area contributed by atoms with E-state index in [1.54, 1.807) is 22.7 Å². The van der Waals surface area contributed by atoms with Gasteiger partial charge in [-0.3, -0.25) is 0 Å². The highest BCUT2D eigenvalue weighted by Gasteiger charge is 2.39. The van der Waals surface area contributed by atoms with Crippen LogP contribution < -0.4 is 4.90 Å². The third kappa shape index (κ3) is 3.40. The van der Waals surface area contributed by atoms with Crippen molar-refractivity contribution in [3.8, 4) is 0 Å². The van der Waals surface area contributed by atoms with Gasteiger partial charge in [0.2, 0.25) is 10.0 Å². The topological polar surface area (TPSA) is 53.5 Å². The summed E-state index contributed by atoms with van der Waals surface area (Å²) in [6.45, 7) is 4.65. The highest BCUT2D eigenvalue weighted by molar-refractivity contribution is 7.90. The zero-order valence-electron chi connectivity index (χ0n) is 12.7. The van der Waals surface area contributed by atoms with Crippen molar-refractivity contribution in [2.24, 2.45) is 5.92 Å². The third-order valence-electron chi connectivity index (χ3n) is 4.39. The maximum absolute atomic E-state index is 12.2. The minimum Gasteiger partial charge on any atom is -0.348 e. The molecule has 5 nitrogen and oxygen atoms in total. The predicted octanol–water partition coefficient (Wildman–Crippen LogP) is 2.09. The first-order valence-corrected chi connectivity index (χ1v) is 9.97. The number of rotatable bonds is 5. The number of aromatic nitrogens is 1. The second-order valence-electron chi connectivity index (χ2n) is 6.23. The summed E-state index contributed by atoms with van der Waals surface area (Å²) in [6, 6.07) is 0. The summed E-state index contributed by atoms with van der Waals surface area (Å²) in [5.41, 5.74) is 1.08. The number of anilines is 1. The van der Waals surface area contributed by atoms with Gasteiger partial charge in [-0.1, -0.05) is 0 Å². The standard InChI is InChI=1S/C14H23N3O2S2/c1-11-10-20-14(15-11)17-7-5-12(6-8-17)9-16(2)21(18,19)13-3-4-13/h10,12-13H,3-9H2,1-2H3. The largest absolute Gasteiger partial charge is 0.348 e. The second-order valence-corrected chi connectivity index (χ2v) is 9.38. The number of aryl methyl sites for hydroxylation is 1. The molecule has 1 aliphatic carbocycles. The first-order valence-electron chi connectivity index (χ1n) is 7.59. The van der Waals surface area contributed by atoms with Crippen molar-refractivity contribution < 1.29 is 8.42 Å². The fourth-order valence-corrected chi connectivity index (χ4v) is 5.40. The van der Waals surface area contributed by atoms with Crippen LogP contribution in [0.25, 0.3) is 0 Å². The van der Waals surface area contributed by atoms with Crippen LogP contribution in [0.4, 0.5) is 5.13 Å². The second kappa shape index (κ2) is 5.85. The van der Waals surface area contributed by atoms with E-state index in [2.05, 4.69) is 15.3 Å². The van der Waals surface area contributed by atoms with E-state index in [4.69, 9.17) is 0 Å². The van der Waals surface area contributed by atoms with Crippen molar-refractivity contribution in [2.45, 2.75) is 37.9 Å². The quantitative estimate of drug-likeness (QED) is 0.830. The number of thiazole rings is 1. The van der Waals surface area contributed by atoms with Gasteiger partial charge in [0.05, 0.1) is 10.9 Å². The van der Waals surface area contributed by atoms with Crippen molar-refractivity contribution in [1.82, 2.24) is 9.29 Å².